The Hall–Kier alpha value is -2.59. The van der Waals surface area contributed by atoms with Gasteiger partial charge in [0.1, 0.15) is 0 Å². The first-order valence-electron chi connectivity index (χ1n) is 7.21. The summed E-state index contributed by atoms with van der Waals surface area (Å²) < 4.78 is 0. The van der Waals surface area contributed by atoms with Gasteiger partial charge in [-0.1, -0.05) is 48.2 Å². The molecule has 0 aliphatic heterocycles. The molecule has 23 heavy (non-hydrogen) atoms. The lowest BCUT2D eigenvalue weighted by Crippen LogP contribution is -2.17. The second kappa shape index (κ2) is 6.67. The van der Waals surface area contributed by atoms with Gasteiger partial charge in [-0.3, -0.25) is 9.59 Å². The van der Waals surface area contributed by atoms with E-state index < -0.39 is 0 Å². The van der Waals surface area contributed by atoms with E-state index in [9.17, 15) is 9.59 Å². The highest BCUT2D eigenvalue weighted by Gasteiger charge is 2.21. The summed E-state index contributed by atoms with van der Waals surface area (Å²) in [7, 11) is 0. The number of thioether (sulfide) groups is 1. The van der Waals surface area contributed by atoms with Crippen LogP contribution in [0.2, 0.25) is 0 Å². The molecule has 1 aliphatic rings. The van der Waals surface area contributed by atoms with Crippen molar-refractivity contribution in [1.29, 1.82) is 0 Å². The van der Waals surface area contributed by atoms with Gasteiger partial charge in [-0.2, -0.15) is 0 Å². The summed E-state index contributed by atoms with van der Waals surface area (Å²) in [6.45, 7) is 1.95. The first kappa shape index (κ1) is 15.3. The minimum atomic E-state index is -0.189. The van der Waals surface area contributed by atoms with E-state index in [-0.39, 0.29) is 11.6 Å². The van der Waals surface area contributed by atoms with Crippen LogP contribution in [0.4, 0.5) is 5.69 Å². The summed E-state index contributed by atoms with van der Waals surface area (Å²) in [4.78, 5) is 25.9. The summed E-state index contributed by atoms with van der Waals surface area (Å²) >= 11 is 1.31. The summed E-state index contributed by atoms with van der Waals surface area (Å²) in [5.41, 5.74) is 2.15. The van der Waals surface area contributed by atoms with Crippen molar-refractivity contribution in [2.24, 2.45) is 0 Å². The van der Waals surface area contributed by atoms with Gasteiger partial charge in [0.15, 0.2) is 5.78 Å². The van der Waals surface area contributed by atoms with E-state index in [1.807, 2.05) is 61.5 Å². The molecule has 2 aromatic carbocycles. The normalized spacial score (nSPS) is 14.3. The van der Waals surface area contributed by atoms with Crippen molar-refractivity contribution < 1.29 is 9.59 Å². The molecule has 0 radical (unpaired) electrons. The minimum absolute atomic E-state index is 0.158. The number of rotatable bonds is 4. The third-order valence-corrected chi connectivity index (χ3v) is 4.48. The average molecular weight is 321 g/mol. The quantitative estimate of drug-likeness (QED) is 0.861. The predicted molar refractivity (Wildman–Crippen MR) is 93.3 cm³/mol. The van der Waals surface area contributed by atoms with Crippen molar-refractivity contribution in [3.63, 3.8) is 0 Å². The molecule has 3 rings (SSSR count). The van der Waals surface area contributed by atoms with E-state index in [4.69, 9.17) is 0 Å². The van der Waals surface area contributed by atoms with Gasteiger partial charge in [0, 0.05) is 22.7 Å². The maximum Gasteiger partial charge on any atom is 0.203 e. The van der Waals surface area contributed by atoms with Crippen LogP contribution in [-0.4, -0.2) is 11.6 Å². The number of hydrogen-bond acceptors (Lipinski definition) is 4. The molecule has 0 unspecified atom stereocenters. The molecule has 3 nitrogen and oxygen atoms in total. The number of carbonyl (C=O) groups excluding carboxylic acids is 2. The number of para-hydroxylation sites is 1. The largest absolute Gasteiger partial charge is 0.352 e. The smallest absolute Gasteiger partial charge is 0.203 e. The summed E-state index contributed by atoms with van der Waals surface area (Å²) in [6, 6.07) is 17.2. The monoisotopic (exact) mass is 321 g/mol. The summed E-state index contributed by atoms with van der Waals surface area (Å²) in [5, 5.41) is 3.05. The highest BCUT2D eigenvalue weighted by atomic mass is 32.2. The first-order chi connectivity index (χ1) is 11.1. The van der Waals surface area contributed by atoms with Gasteiger partial charge in [0.25, 0.3) is 0 Å². The van der Waals surface area contributed by atoms with E-state index in [1.165, 1.54) is 23.9 Å². The van der Waals surface area contributed by atoms with E-state index in [0.717, 1.165) is 16.1 Å². The molecule has 1 N–H and O–H groups in total. The number of allylic oxidation sites excluding steroid dienone is 3. The zero-order chi connectivity index (χ0) is 16.2. The van der Waals surface area contributed by atoms with E-state index in [0.29, 0.717) is 10.6 Å². The van der Waals surface area contributed by atoms with Gasteiger partial charge >= 0.3 is 0 Å². The molecule has 0 bridgehead atoms. The van der Waals surface area contributed by atoms with Crippen molar-refractivity contribution >= 4 is 29.0 Å². The second-order valence-corrected chi connectivity index (χ2v) is 6.27. The van der Waals surface area contributed by atoms with Crippen LogP contribution in [0.3, 0.4) is 0 Å². The third-order valence-electron chi connectivity index (χ3n) is 3.43. The Kier molecular flexibility index (Phi) is 4.44. The van der Waals surface area contributed by atoms with Crippen molar-refractivity contribution in [1.82, 2.24) is 0 Å². The maximum absolute atomic E-state index is 12.3. The van der Waals surface area contributed by atoms with Crippen molar-refractivity contribution in [2.45, 2.75) is 11.8 Å². The lowest BCUT2D eigenvalue weighted by molar-refractivity contribution is -0.114. The van der Waals surface area contributed by atoms with Crippen LogP contribution in [0.15, 0.2) is 82.2 Å². The van der Waals surface area contributed by atoms with Crippen LogP contribution in [0, 0.1) is 6.92 Å². The number of anilines is 1. The molecule has 0 saturated carbocycles. The first-order valence-corrected chi connectivity index (χ1v) is 8.03. The second-order valence-electron chi connectivity index (χ2n) is 5.15. The fourth-order valence-corrected chi connectivity index (χ4v) is 3.07. The zero-order valence-electron chi connectivity index (χ0n) is 12.6. The topological polar surface area (TPSA) is 46.2 Å². The Labute approximate surface area is 139 Å². The number of carbonyl (C=O) groups is 2. The van der Waals surface area contributed by atoms with Gasteiger partial charge in [-0.25, -0.2) is 0 Å². The molecule has 0 aromatic heterocycles. The van der Waals surface area contributed by atoms with Crippen LogP contribution >= 0.6 is 11.8 Å². The summed E-state index contributed by atoms with van der Waals surface area (Å²) in [5.74, 6) is -0.346. The molecule has 0 heterocycles. The highest BCUT2D eigenvalue weighted by Crippen LogP contribution is 2.30. The number of nitrogens with one attached hydrogen (secondary N) is 1. The predicted octanol–water partition coefficient (Wildman–Crippen LogP) is 4.12. The highest BCUT2D eigenvalue weighted by molar-refractivity contribution is 8.04. The van der Waals surface area contributed by atoms with Crippen LogP contribution < -0.4 is 5.32 Å². The fourth-order valence-electron chi connectivity index (χ4n) is 2.19. The number of ketones is 2. The van der Waals surface area contributed by atoms with Gasteiger partial charge in [-0.15, -0.1) is 0 Å². The standard InChI is InChI=1S/C19H15NO2S/c1-13-7-5-6-10-15(13)20-16-11-18(22)19(12-17(16)21)23-14-8-3-2-4-9-14/h2-12,20H,1H3. The molecular weight excluding hydrogens is 306 g/mol. The minimum Gasteiger partial charge on any atom is -0.352 e. The number of hydrogen-bond donors (Lipinski definition) is 1. The molecule has 0 fully saturated rings. The number of aryl methyl sites for hydroxylation is 1. The SMILES string of the molecule is Cc1ccccc1NC1=CC(=O)C(Sc2ccccc2)=CC1=O. The average Bonchev–Trinajstić information content (AvgIpc) is 2.55. The van der Waals surface area contributed by atoms with Crippen LogP contribution in [0.5, 0.6) is 0 Å². The molecule has 2 aromatic rings. The fraction of sp³-hybridized carbons (Fsp3) is 0.0526. The zero-order valence-corrected chi connectivity index (χ0v) is 13.4. The Bertz CT molecular complexity index is 822. The molecule has 0 saturated heterocycles. The van der Waals surface area contributed by atoms with E-state index in [2.05, 4.69) is 5.32 Å². The molecule has 0 atom stereocenters. The van der Waals surface area contributed by atoms with Crippen molar-refractivity contribution in [2.75, 3.05) is 5.32 Å². The maximum atomic E-state index is 12.3. The number of benzene rings is 2. The Morgan fingerprint density at radius 1 is 0.826 bits per heavy atom. The van der Waals surface area contributed by atoms with Crippen LogP contribution in [-0.2, 0) is 9.59 Å². The van der Waals surface area contributed by atoms with Crippen molar-refractivity contribution in [3.8, 4) is 0 Å². The Morgan fingerprint density at radius 3 is 2.26 bits per heavy atom. The lowest BCUT2D eigenvalue weighted by Gasteiger charge is -2.15. The van der Waals surface area contributed by atoms with Crippen LogP contribution in [0.1, 0.15) is 5.56 Å². The van der Waals surface area contributed by atoms with E-state index in [1.54, 1.807) is 0 Å². The van der Waals surface area contributed by atoms with Gasteiger partial charge in [0.05, 0.1) is 10.6 Å². The molecule has 1 aliphatic carbocycles. The molecule has 114 valence electrons. The van der Waals surface area contributed by atoms with Gasteiger partial charge in [-0.05, 0) is 30.7 Å². The Balaban J connectivity index is 1.78. The van der Waals surface area contributed by atoms with Gasteiger partial charge < -0.3 is 5.32 Å². The van der Waals surface area contributed by atoms with Crippen molar-refractivity contribution in [3.05, 3.63) is 82.9 Å². The Morgan fingerprint density at radius 2 is 1.52 bits per heavy atom. The van der Waals surface area contributed by atoms with Crippen LogP contribution in [0.25, 0.3) is 0 Å². The molecule has 0 spiro atoms. The summed E-state index contributed by atoms with van der Waals surface area (Å²) in [6.07, 6.45) is 2.78. The van der Waals surface area contributed by atoms with E-state index >= 15 is 0 Å². The van der Waals surface area contributed by atoms with Gasteiger partial charge in [0.2, 0.25) is 5.78 Å². The third kappa shape index (κ3) is 3.60. The molecular formula is C19H15NO2S. The lowest BCUT2D eigenvalue weighted by atomic mass is 10.1. The molecule has 0 amide bonds. The molecule has 4 heteroatoms.